The molecule has 0 heterocycles. The Morgan fingerprint density at radius 2 is 0.719 bits per heavy atom. The first kappa shape index (κ1) is 60.0. The zero-order chi connectivity index (χ0) is 46.3. The molecule has 0 spiro atoms. The minimum absolute atomic E-state index is 0.0262. The van der Waals surface area contributed by atoms with Gasteiger partial charge in [0.15, 0.2) is 6.10 Å². The quantitative estimate of drug-likeness (QED) is 0.0346. The average Bonchev–Trinajstić information content (AvgIpc) is 3.30. The summed E-state index contributed by atoms with van der Waals surface area (Å²) in [6.45, 7) is 7.39. The third-order valence-corrected chi connectivity index (χ3v) is 10.2. The molecule has 0 N–H and O–H groups in total. The molecule has 0 saturated carbocycles. The molecule has 5 heteroatoms. The first-order valence-corrected chi connectivity index (χ1v) is 25.7. The summed E-state index contributed by atoms with van der Waals surface area (Å²) < 4.78 is 17.3. The lowest BCUT2D eigenvalue weighted by molar-refractivity contribution is -0.163. The van der Waals surface area contributed by atoms with Crippen molar-refractivity contribution in [1.29, 1.82) is 0 Å². The molecule has 0 aromatic rings. The van der Waals surface area contributed by atoms with Crippen LogP contribution in [0.25, 0.3) is 0 Å². The predicted octanol–water partition coefficient (Wildman–Crippen LogP) is 17.6. The summed E-state index contributed by atoms with van der Waals surface area (Å²) >= 11 is 0. The van der Waals surface area contributed by atoms with E-state index >= 15 is 0 Å². The van der Waals surface area contributed by atoms with Crippen LogP contribution in [-0.4, -0.2) is 37.9 Å². The largest absolute Gasteiger partial charge is 0.462 e. The maximum absolute atomic E-state index is 12.8. The Kier molecular flexibility index (Phi) is 50.1. The van der Waals surface area contributed by atoms with Gasteiger partial charge >= 0.3 is 11.9 Å². The highest BCUT2D eigenvalue weighted by molar-refractivity contribution is 5.70. The van der Waals surface area contributed by atoms with Gasteiger partial charge in [-0.3, -0.25) is 9.59 Å². The van der Waals surface area contributed by atoms with Gasteiger partial charge in [0.25, 0.3) is 0 Å². The molecule has 0 aliphatic carbocycles. The molecule has 0 aliphatic heterocycles. The fraction of sp³-hybridized carbons (Fsp3) is 0.593. The van der Waals surface area contributed by atoms with E-state index in [0.717, 1.165) is 122 Å². The number of esters is 2. The molecule has 0 rings (SSSR count). The highest BCUT2D eigenvalue weighted by Gasteiger charge is 2.17. The Bertz CT molecular complexity index is 1370. The second-order valence-corrected chi connectivity index (χ2v) is 16.3. The maximum atomic E-state index is 12.8. The number of unbranched alkanes of at least 4 members (excludes halogenated alkanes) is 12. The number of hydrogen-bond donors (Lipinski definition) is 0. The van der Waals surface area contributed by atoms with Crippen molar-refractivity contribution in [2.45, 2.75) is 207 Å². The average molecular weight is 883 g/mol. The van der Waals surface area contributed by atoms with Crippen molar-refractivity contribution < 1.29 is 23.8 Å². The Hall–Kier alpha value is -3.96. The zero-order valence-corrected chi connectivity index (χ0v) is 41.2. The number of rotatable bonds is 45. The van der Waals surface area contributed by atoms with E-state index in [9.17, 15) is 9.59 Å². The van der Waals surface area contributed by atoms with Crippen molar-refractivity contribution in [2.24, 2.45) is 0 Å². The Balaban J connectivity index is 4.48. The van der Waals surface area contributed by atoms with Gasteiger partial charge in [0.2, 0.25) is 0 Å². The lowest BCUT2D eigenvalue weighted by Crippen LogP contribution is -2.30. The second kappa shape index (κ2) is 53.4. The first-order chi connectivity index (χ1) is 31.6. The van der Waals surface area contributed by atoms with Crippen LogP contribution in [0.4, 0.5) is 0 Å². The normalized spacial score (nSPS) is 13.4. The van der Waals surface area contributed by atoms with E-state index in [-0.39, 0.29) is 25.2 Å². The summed E-state index contributed by atoms with van der Waals surface area (Å²) in [5.41, 5.74) is 0. The highest BCUT2D eigenvalue weighted by atomic mass is 16.6. The van der Waals surface area contributed by atoms with Gasteiger partial charge in [-0.1, -0.05) is 193 Å². The molecule has 0 radical (unpaired) electrons. The monoisotopic (exact) mass is 883 g/mol. The number of hydrogen-bond acceptors (Lipinski definition) is 5. The smallest absolute Gasteiger partial charge is 0.306 e. The molecule has 360 valence electrons. The van der Waals surface area contributed by atoms with E-state index in [1.807, 2.05) is 0 Å². The van der Waals surface area contributed by atoms with Gasteiger partial charge in [0.05, 0.1) is 6.61 Å². The maximum Gasteiger partial charge on any atom is 0.306 e. The third-order valence-electron chi connectivity index (χ3n) is 10.2. The van der Waals surface area contributed by atoms with E-state index in [4.69, 9.17) is 14.2 Å². The van der Waals surface area contributed by atoms with Crippen LogP contribution >= 0.6 is 0 Å². The van der Waals surface area contributed by atoms with Gasteiger partial charge in [0.1, 0.15) is 6.61 Å². The Morgan fingerprint density at radius 3 is 1.19 bits per heavy atom. The Labute approximate surface area is 394 Å². The highest BCUT2D eigenvalue weighted by Crippen LogP contribution is 2.11. The molecule has 5 nitrogen and oxygen atoms in total. The van der Waals surface area contributed by atoms with Crippen molar-refractivity contribution in [3.05, 3.63) is 134 Å². The molecule has 1 atom stereocenters. The van der Waals surface area contributed by atoms with Crippen molar-refractivity contribution in [3.63, 3.8) is 0 Å². The molecule has 64 heavy (non-hydrogen) atoms. The van der Waals surface area contributed by atoms with Crippen LogP contribution in [0, 0.1) is 0 Å². The lowest BCUT2D eigenvalue weighted by atomic mass is 10.1. The summed E-state index contributed by atoms with van der Waals surface area (Å²) in [5, 5.41) is 0. The van der Waals surface area contributed by atoms with Gasteiger partial charge in [-0.05, 0) is 128 Å². The fourth-order valence-corrected chi connectivity index (χ4v) is 6.39. The van der Waals surface area contributed by atoms with Crippen LogP contribution in [0.3, 0.4) is 0 Å². The van der Waals surface area contributed by atoms with Crippen molar-refractivity contribution in [1.82, 2.24) is 0 Å². The SMILES string of the molecule is CC/C=C\C/C=C\C/C=C\C/C=C\C/C=C\CCCCOCC(COC(=O)CCC/C=C\C/C=C\C/C=C\C/C=C\C/C=C\CC)OC(=O)CCCCCCC/C=C\CCCCCC. The van der Waals surface area contributed by atoms with Crippen LogP contribution in [0.2, 0.25) is 0 Å². The standard InChI is InChI=1S/C59H94O5/c1-4-7-10-13-16-19-22-25-27-29-31-33-36-39-42-45-48-51-54-62-55-57(64-59(61)53-50-47-44-41-38-34-24-21-18-15-12-9-6-3)56-63-58(60)52-49-46-43-40-37-35-32-30-28-26-23-20-17-14-11-8-5-2/h7-8,10-11,16-17,19-21,24-28,31-33,35,39-40,42-43,57H,4-6,9,12-15,18,22-23,29-30,34,36-38,41,44-56H2,1-3H3/b10-7-,11-8-,19-16-,20-17-,24-21-,27-25-,28-26-,33-31-,35-32-,42-39-,43-40-. The first-order valence-electron chi connectivity index (χ1n) is 25.7. The summed E-state index contributed by atoms with van der Waals surface area (Å²) in [5.74, 6) is -0.510. The van der Waals surface area contributed by atoms with Crippen molar-refractivity contribution in [2.75, 3.05) is 19.8 Å². The second-order valence-electron chi connectivity index (χ2n) is 16.3. The van der Waals surface area contributed by atoms with Gasteiger partial charge in [-0.2, -0.15) is 0 Å². The van der Waals surface area contributed by atoms with E-state index in [0.29, 0.717) is 19.4 Å². The minimum atomic E-state index is -0.595. The molecule has 0 aliphatic rings. The molecule has 1 unspecified atom stereocenters. The van der Waals surface area contributed by atoms with Crippen LogP contribution in [0.15, 0.2) is 134 Å². The Morgan fingerprint density at radius 1 is 0.359 bits per heavy atom. The van der Waals surface area contributed by atoms with Gasteiger partial charge < -0.3 is 14.2 Å². The molecule has 0 saturated heterocycles. The van der Waals surface area contributed by atoms with Gasteiger partial charge in [-0.15, -0.1) is 0 Å². The van der Waals surface area contributed by atoms with Crippen LogP contribution in [0.5, 0.6) is 0 Å². The molecule has 0 amide bonds. The fourth-order valence-electron chi connectivity index (χ4n) is 6.39. The van der Waals surface area contributed by atoms with E-state index in [2.05, 4.69) is 154 Å². The number of allylic oxidation sites excluding steroid dienone is 22. The van der Waals surface area contributed by atoms with Crippen LogP contribution in [-0.2, 0) is 23.8 Å². The lowest BCUT2D eigenvalue weighted by Gasteiger charge is -2.18. The number of carbonyl (C=O) groups is 2. The number of carbonyl (C=O) groups excluding carboxylic acids is 2. The third kappa shape index (κ3) is 50.7. The molecular weight excluding hydrogens is 789 g/mol. The van der Waals surface area contributed by atoms with Crippen molar-refractivity contribution in [3.8, 4) is 0 Å². The van der Waals surface area contributed by atoms with Crippen molar-refractivity contribution >= 4 is 11.9 Å². The zero-order valence-electron chi connectivity index (χ0n) is 41.2. The van der Waals surface area contributed by atoms with Gasteiger partial charge in [0, 0.05) is 19.4 Å². The molecule has 0 aromatic heterocycles. The summed E-state index contributed by atoms with van der Waals surface area (Å²) in [7, 11) is 0. The molecule has 0 aromatic carbocycles. The predicted molar refractivity (Wildman–Crippen MR) is 278 cm³/mol. The van der Waals surface area contributed by atoms with E-state index < -0.39 is 6.10 Å². The summed E-state index contributed by atoms with van der Waals surface area (Å²) in [6.07, 6.45) is 76.1. The molecular formula is C59H94O5. The van der Waals surface area contributed by atoms with E-state index in [1.165, 1.54) is 44.9 Å². The summed E-state index contributed by atoms with van der Waals surface area (Å²) in [4.78, 5) is 25.4. The minimum Gasteiger partial charge on any atom is -0.462 e. The van der Waals surface area contributed by atoms with E-state index in [1.54, 1.807) is 0 Å². The van der Waals surface area contributed by atoms with Crippen LogP contribution < -0.4 is 0 Å². The van der Waals surface area contributed by atoms with Crippen LogP contribution in [0.1, 0.15) is 201 Å². The van der Waals surface area contributed by atoms with Gasteiger partial charge in [-0.25, -0.2) is 0 Å². The number of ether oxygens (including phenoxy) is 3. The summed E-state index contributed by atoms with van der Waals surface area (Å²) in [6, 6.07) is 0. The molecule has 0 bridgehead atoms. The molecule has 0 fully saturated rings. The topological polar surface area (TPSA) is 61.8 Å².